The first-order valence-corrected chi connectivity index (χ1v) is 7.71. The maximum absolute atomic E-state index is 9.69. The molecule has 0 spiro atoms. The number of aliphatic hydroxyl groups is 1. The van der Waals surface area contributed by atoms with Gasteiger partial charge in [-0.2, -0.15) is 4.98 Å². The number of para-hydroxylation sites is 1. The molecule has 0 amide bonds. The van der Waals surface area contributed by atoms with Gasteiger partial charge in [0, 0.05) is 25.0 Å². The first-order chi connectivity index (χ1) is 10.3. The van der Waals surface area contributed by atoms with Crippen molar-refractivity contribution in [2.45, 2.75) is 32.3 Å². The van der Waals surface area contributed by atoms with E-state index in [4.69, 9.17) is 4.98 Å². The molecule has 1 aliphatic rings. The van der Waals surface area contributed by atoms with E-state index in [-0.39, 0.29) is 6.10 Å². The van der Waals surface area contributed by atoms with Crippen LogP contribution in [0.25, 0.3) is 10.9 Å². The number of fused-ring (bicyclic) bond motifs is 1. The van der Waals surface area contributed by atoms with Crippen molar-refractivity contribution in [1.29, 1.82) is 0 Å². The molecule has 1 saturated heterocycles. The number of piperidine rings is 1. The molecule has 112 valence electrons. The highest BCUT2D eigenvalue weighted by molar-refractivity contribution is 5.90. The monoisotopic (exact) mass is 286 g/mol. The van der Waals surface area contributed by atoms with Crippen molar-refractivity contribution in [3.63, 3.8) is 0 Å². The van der Waals surface area contributed by atoms with E-state index >= 15 is 0 Å². The lowest BCUT2D eigenvalue weighted by Crippen LogP contribution is -2.36. The van der Waals surface area contributed by atoms with Gasteiger partial charge in [-0.1, -0.05) is 19.1 Å². The Morgan fingerprint density at radius 3 is 2.76 bits per heavy atom. The maximum atomic E-state index is 9.69. The van der Waals surface area contributed by atoms with Crippen LogP contribution in [0.4, 0.5) is 11.8 Å². The lowest BCUT2D eigenvalue weighted by molar-refractivity contribution is 0.145. The zero-order chi connectivity index (χ0) is 14.7. The number of nitrogens with zero attached hydrogens (tertiary/aromatic N) is 3. The van der Waals surface area contributed by atoms with Gasteiger partial charge in [0.15, 0.2) is 0 Å². The quantitative estimate of drug-likeness (QED) is 0.904. The SMILES string of the molecule is CCCNc1nc(N2CCC(O)CC2)c2ccccc2n1. The van der Waals surface area contributed by atoms with Crippen LogP contribution in [0, 0.1) is 0 Å². The maximum Gasteiger partial charge on any atom is 0.225 e. The van der Waals surface area contributed by atoms with Crippen molar-refractivity contribution in [3.05, 3.63) is 24.3 Å². The van der Waals surface area contributed by atoms with E-state index in [1.54, 1.807) is 0 Å². The largest absolute Gasteiger partial charge is 0.393 e. The summed E-state index contributed by atoms with van der Waals surface area (Å²) in [6.45, 7) is 4.68. The molecule has 21 heavy (non-hydrogen) atoms. The van der Waals surface area contributed by atoms with Crippen LogP contribution >= 0.6 is 0 Å². The Balaban J connectivity index is 1.98. The lowest BCUT2D eigenvalue weighted by atomic mass is 10.1. The molecule has 1 fully saturated rings. The number of anilines is 2. The number of benzene rings is 1. The Morgan fingerprint density at radius 2 is 2.00 bits per heavy atom. The molecule has 1 aliphatic heterocycles. The minimum atomic E-state index is -0.174. The molecule has 5 nitrogen and oxygen atoms in total. The average Bonchev–Trinajstić information content (AvgIpc) is 2.53. The van der Waals surface area contributed by atoms with Gasteiger partial charge >= 0.3 is 0 Å². The van der Waals surface area contributed by atoms with E-state index in [1.165, 1.54) is 0 Å². The number of nitrogens with one attached hydrogen (secondary N) is 1. The molecule has 2 heterocycles. The first-order valence-electron chi connectivity index (χ1n) is 7.71. The predicted octanol–water partition coefficient (Wildman–Crippen LogP) is 2.41. The highest BCUT2D eigenvalue weighted by Crippen LogP contribution is 2.27. The van der Waals surface area contributed by atoms with E-state index < -0.39 is 0 Å². The summed E-state index contributed by atoms with van der Waals surface area (Å²) in [4.78, 5) is 11.6. The molecule has 0 bridgehead atoms. The van der Waals surface area contributed by atoms with Crippen molar-refractivity contribution in [2.75, 3.05) is 29.9 Å². The Hall–Kier alpha value is -1.88. The van der Waals surface area contributed by atoms with Crippen LogP contribution < -0.4 is 10.2 Å². The second-order valence-electron chi connectivity index (χ2n) is 5.53. The fourth-order valence-electron chi connectivity index (χ4n) is 2.69. The molecule has 1 aromatic heterocycles. The first kappa shape index (κ1) is 14.1. The Kier molecular flexibility index (Phi) is 4.20. The van der Waals surface area contributed by atoms with Gasteiger partial charge in [0.1, 0.15) is 5.82 Å². The van der Waals surface area contributed by atoms with Crippen molar-refractivity contribution >= 4 is 22.7 Å². The summed E-state index contributed by atoms with van der Waals surface area (Å²) in [7, 11) is 0. The molecule has 0 unspecified atom stereocenters. The van der Waals surface area contributed by atoms with Crippen molar-refractivity contribution in [1.82, 2.24) is 9.97 Å². The topological polar surface area (TPSA) is 61.3 Å². The summed E-state index contributed by atoms with van der Waals surface area (Å²) in [5.41, 5.74) is 0.965. The minimum Gasteiger partial charge on any atom is -0.393 e. The summed E-state index contributed by atoms with van der Waals surface area (Å²) < 4.78 is 0. The van der Waals surface area contributed by atoms with Gasteiger partial charge < -0.3 is 15.3 Å². The molecule has 0 saturated carbocycles. The van der Waals surface area contributed by atoms with Crippen molar-refractivity contribution < 1.29 is 5.11 Å². The Morgan fingerprint density at radius 1 is 1.24 bits per heavy atom. The normalized spacial score (nSPS) is 16.4. The second-order valence-corrected chi connectivity index (χ2v) is 5.53. The number of rotatable bonds is 4. The highest BCUT2D eigenvalue weighted by Gasteiger charge is 2.20. The molecule has 5 heteroatoms. The molecule has 0 atom stereocenters. The third-order valence-electron chi connectivity index (χ3n) is 3.88. The Labute approximate surface area is 125 Å². The summed E-state index contributed by atoms with van der Waals surface area (Å²) in [6, 6.07) is 8.12. The number of hydrogen-bond acceptors (Lipinski definition) is 5. The molecule has 1 aromatic carbocycles. The molecule has 0 aliphatic carbocycles. The van der Waals surface area contributed by atoms with Gasteiger partial charge in [0.2, 0.25) is 5.95 Å². The third-order valence-corrected chi connectivity index (χ3v) is 3.88. The molecular weight excluding hydrogens is 264 g/mol. The fourth-order valence-corrected chi connectivity index (χ4v) is 2.69. The van der Waals surface area contributed by atoms with Gasteiger partial charge in [-0.15, -0.1) is 0 Å². The molecule has 2 N–H and O–H groups in total. The summed E-state index contributed by atoms with van der Waals surface area (Å²) in [5, 5.41) is 14.0. The fraction of sp³-hybridized carbons (Fsp3) is 0.500. The second kappa shape index (κ2) is 6.26. The molecule has 3 rings (SSSR count). The number of hydrogen-bond donors (Lipinski definition) is 2. The molecule has 0 radical (unpaired) electrons. The van der Waals surface area contributed by atoms with E-state index in [2.05, 4.69) is 28.2 Å². The van der Waals surface area contributed by atoms with E-state index in [0.717, 1.165) is 55.6 Å². The van der Waals surface area contributed by atoms with Crippen molar-refractivity contribution in [2.24, 2.45) is 0 Å². The van der Waals surface area contributed by atoms with Crippen LogP contribution in [0.15, 0.2) is 24.3 Å². The zero-order valence-corrected chi connectivity index (χ0v) is 12.4. The minimum absolute atomic E-state index is 0.174. The molecule has 2 aromatic rings. The summed E-state index contributed by atoms with van der Waals surface area (Å²) in [6.07, 6.45) is 2.47. The third kappa shape index (κ3) is 3.08. The smallest absolute Gasteiger partial charge is 0.225 e. The van der Waals surface area contributed by atoms with Gasteiger partial charge in [-0.3, -0.25) is 0 Å². The van der Waals surface area contributed by atoms with Gasteiger partial charge in [0.05, 0.1) is 11.6 Å². The van der Waals surface area contributed by atoms with Crippen LogP contribution in [0.5, 0.6) is 0 Å². The predicted molar refractivity (Wildman–Crippen MR) is 85.8 cm³/mol. The average molecular weight is 286 g/mol. The Bertz CT molecular complexity index is 608. The van der Waals surface area contributed by atoms with Crippen LogP contribution in [0.1, 0.15) is 26.2 Å². The van der Waals surface area contributed by atoms with Crippen LogP contribution in [-0.2, 0) is 0 Å². The zero-order valence-electron chi connectivity index (χ0n) is 12.4. The van der Waals surface area contributed by atoms with Gasteiger partial charge in [0.25, 0.3) is 0 Å². The van der Waals surface area contributed by atoms with E-state index in [0.29, 0.717) is 5.95 Å². The molecular formula is C16H22N4O. The van der Waals surface area contributed by atoms with Crippen LogP contribution in [-0.4, -0.2) is 40.8 Å². The number of aliphatic hydroxyl groups excluding tert-OH is 1. The summed E-state index contributed by atoms with van der Waals surface area (Å²) >= 11 is 0. The van der Waals surface area contributed by atoms with Gasteiger partial charge in [-0.05, 0) is 31.4 Å². The van der Waals surface area contributed by atoms with Gasteiger partial charge in [-0.25, -0.2) is 4.98 Å². The highest BCUT2D eigenvalue weighted by atomic mass is 16.3. The lowest BCUT2D eigenvalue weighted by Gasteiger charge is -2.31. The van der Waals surface area contributed by atoms with E-state index in [9.17, 15) is 5.11 Å². The summed E-state index contributed by atoms with van der Waals surface area (Å²) in [5.74, 6) is 1.67. The standard InChI is InChI=1S/C16H22N4O/c1-2-9-17-16-18-14-6-4-3-5-13(14)15(19-16)20-10-7-12(21)8-11-20/h3-6,12,21H,2,7-11H2,1H3,(H,17,18,19). The van der Waals surface area contributed by atoms with Crippen molar-refractivity contribution in [3.8, 4) is 0 Å². The van der Waals surface area contributed by atoms with E-state index in [1.807, 2.05) is 18.2 Å². The van der Waals surface area contributed by atoms with Crippen LogP contribution in [0.3, 0.4) is 0 Å². The van der Waals surface area contributed by atoms with Crippen LogP contribution in [0.2, 0.25) is 0 Å². The number of aromatic nitrogens is 2.